The van der Waals surface area contributed by atoms with Crippen LogP contribution in [0.25, 0.3) is 0 Å². The topological polar surface area (TPSA) is 32.7 Å². The Bertz CT molecular complexity index is 394. The first-order valence-electron chi connectivity index (χ1n) is 6.61. The molecule has 0 amide bonds. The standard InChI is InChI=1S/C15H23NO2/c1-11-6-14(7-12(2)15(11)18-3)9-16-5-4-13(8-16)10-17/h6-7,13,17H,4-5,8-10H2,1-3H3. The van der Waals surface area contributed by atoms with Crippen molar-refractivity contribution in [2.75, 3.05) is 26.8 Å². The normalized spacial score (nSPS) is 20.3. The van der Waals surface area contributed by atoms with Crippen molar-refractivity contribution < 1.29 is 9.84 Å². The van der Waals surface area contributed by atoms with E-state index in [2.05, 4.69) is 30.9 Å². The molecule has 1 aromatic rings. The third kappa shape index (κ3) is 2.85. The number of hydrogen-bond acceptors (Lipinski definition) is 3. The zero-order valence-electron chi connectivity index (χ0n) is 11.6. The highest BCUT2D eigenvalue weighted by molar-refractivity contribution is 5.43. The summed E-state index contributed by atoms with van der Waals surface area (Å²) in [6.45, 7) is 7.58. The summed E-state index contributed by atoms with van der Waals surface area (Å²) < 4.78 is 5.39. The Morgan fingerprint density at radius 1 is 1.33 bits per heavy atom. The summed E-state index contributed by atoms with van der Waals surface area (Å²) in [6.07, 6.45) is 1.12. The van der Waals surface area contributed by atoms with Crippen LogP contribution in [0.1, 0.15) is 23.1 Å². The fourth-order valence-electron chi connectivity index (χ4n) is 2.92. The van der Waals surface area contributed by atoms with E-state index in [0.717, 1.165) is 31.8 Å². The molecule has 0 aliphatic carbocycles. The Kier molecular flexibility index (Phi) is 4.25. The predicted molar refractivity (Wildman–Crippen MR) is 72.9 cm³/mol. The van der Waals surface area contributed by atoms with Crippen molar-refractivity contribution in [2.24, 2.45) is 5.92 Å². The van der Waals surface area contributed by atoms with E-state index in [1.54, 1.807) is 7.11 Å². The first kappa shape index (κ1) is 13.4. The van der Waals surface area contributed by atoms with E-state index >= 15 is 0 Å². The molecule has 100 valence electrons. The number of rotatable bonds is 4. The summed E-state index contributed by atoms with van der Waals surface area (Å²) >= 11 is 0. The van der Waals surface area contributed by atoms with Crippen LogP contribution in [0.5, 0.6) is 5.75 Å². The maximum Gasteiger partial charge on any atom is 0.124 e. The lowest BCUT2D eigenvalue weighted by molar-refractivity contribution is 0.220. The highest BCUT2D eigenvalue weighted by atomic mass is 16.5. The van der Waals surface area contributed by atoms with Crippen molar-refractivity contribution in [3.63, 3.8) is 0 Å². The van der Waals surface area contributed by atoms with Gasteiger partial charge >= 0.3 is 0 Å². The molecule has 0 aromatic heterocycles. The highest BCUT2D eigenvalue weighted by Crippen LogP contribution is 2.26. The van der Waals surface area contributed by atoms with Crippen molar-refractivity contribution in [2.45, 2.75) is 26.8 Å². The summed E-state index contributed by atoms with van der Waals surface area (Å²) in [5.74, 6) is 1.46. The predicted octanol–water partition coefficient (Wildman–Crippen LogP) is 2.13. The van der Waals surface area contributed by atoms with E-state index in [0.29, 0.717) is 12.5 Å². The van der Waals surface area contributed by atoms with Crippen molar-refractivity contribution in [1.29, 1.82) is 0 Å². The summed E-state index contributed by atoms with van der Waals surface area (Å²) in [7, 11) is 1.72. The molecule has 1 heterocycles. The number of aliphatic hydroxyl groups excluding tert-OH is 1. The molecule has 2 rings (SSSR count). The number of hydrogen-bond donors (Lipinski definition) is 1. The Balaban J connectivity index is 2.06. The zero-order chi connectivity index (χ0) is 13.1. The SMILES string of the molecule is COc1c(C)cc(CN2CCC(CO)C2)cc1C. The quantitative estimate of drug-likeness (QED) is 0.887. The smallest absolute Gasteiger partial charge is 0.124 e. The average molecular weight is 249 g/mol. The second-order valence-electron chi connectivity index (χ2n) is 5.34. The van der Waals surface area contributed by atoms with Crippen LogP contribution in [0, 0.1) is 19.8 Å². The van der Waals surface area contributed by atoms with Gasteiger partial charge in [-0.3, -0.25) is 4.90 Å². The average Bonchev–Trinajstić information content (AvgIpc) is 2.76. The molecular weight excluding hydrogens is 226 g/mol. The van der Waals surface area contributed by atoms with Gasteiger partial charge in [-0.25, -0.2) is 0 Å². The van der Waals surface area contributed by atoms with Crippen LogP contribution in [0.2, 0.25) is 0 Å². The summed E-state index contributed by atoms with van der Waals surface area (Å²) in [5, 5.41) is 9.16. The molecule has 1 saturated heterocycles. The molecule has 1 atom stereocenters. The van der Waals surface area contributed by atoms with E-state index in [-0.39, 0.29) is 0 Å². The van der Waals surface area contributed by atoms with Crippen molar-refractivity contribution >= 4 is 0 Å². The number of likely N-dealkylation sites (tertiary alicyclic amines) is 1. The van der Waals surface area contributed by atoms with Gasteiger partial charge in [0.25, 0.3) is 0 Å². The molecule has 1 aliphatic heterocycles. The van der Waals surface area contributed by atoms with Crippen molar-refractivity contribution in [3.8, 4) is 5.75 Å². The van der Waals surface area contributed by atoms with E-state index in [1.165, 1.54) is 16.7 Å². The van der Waals surface area contributed by atoms with Gasteiger partial charge in [0.2, 0.25) is 0 Å². The van der Waals surface area contributed by atoms with Crippen molar-refractivity contribution in [1.82, 2.24) is 4.90 Å². The zero-order valence-corrected chi connectivity index (χ0v) is 11.6. The Morgan fingerprint density at radius 2 is 2.00 bits per heavy atom. The molecule has 0 saturated carbocycles. The van der Waals surface area contributed by atoms with Gasteiger partial charge in [0.15, 0.2) is 0 Å². The van der Waals surface area contributed by atoms with Crippen LogP contribution in [0.3, 0.4) is 0 Å². The molecule has 1 N–H and O–H groups in total. The first-order valence-corrected chi connectivity index (χ1v) is 6.61. The molecule has 0 bridgehead atoms. The Hall–Kier alpha value is -1.06. The van der Waals surface area contributed by atoms with Gasteiger partial charge in [-0.2, -0.15) is 0 Å². The largest absolute Gasteiger partial charge is 0.496 e. The lowest BCUT2D eigenvalue weighted by Gasteiger charge is -2.17. The molecule has 1 unspecified atom stereocenters. The van der Waals surface area contributed by atoms with Crippen LogP contribution in [0.15, 0.2) is 12.1 Å². The van der Waals surface area contributed by atoms with Gasteiger partial charge < -0.3 is 9.84 Å². The Labute approximate surface area is 109 Å². The first-order chi connectivity index (χ1) is 8.63. The van der Waals surface area contributed by atoms with Gasteiger partial charge in [-0.1, -0.05) is 12.1 Å². The Morgan fingerprint density at radius 3 is 2.50 bits per heavy atom. The number of benzene rings is 1. The van der Waals surface area contributed by atoms with E-state index in [4.69, 9.17) is 9.84 Å². The molecule has 3 heteroatoms. The summed E-state index contributed by atoms with van der Waals surface area (Å²) in [5.41, 5.74) is 3.74. The van der Waals surface area contributed by atoms with Gasteiger partial charge in [-0.15, -0.1) is 0 Å². The molecule has 0 spiro atoms. The monoisotopic (exact) mass is 249 g/mol. The molecule has 1 fully saturated rings. The second-order valence-corrected chi connectivity index (χ2v) is 5.34. The lowest BCUT2D eigenvalue weighted by atomic mass is 10.1. The maximum absolute atomic E-state index is 9.16. The molecule has 0 radical (unpaired) electrons. The maximum atomic E-state index is 9.16. The molecule has 1 aliphatic rings. The van der Waals surface area contributed by atoms with Gasteiger partial charge in [0.05, 0.1) is 7.11 Å². The fraction of sp³-hybridized carbons (Fsp3) is 0.600. The highest BCUT2D eigenvalue weighted by Gasteiger charge is 2.21. The number of ether oxygens (including phenoxy) is 1. The summed E-state index contributed by atoms with van der Waals surface area (Å²) in [4.78, 5) is 2.42. The molecule has 18 heavy (non-hydrogen) atoms. The van der Waals surface area contributed by atoms with Crippen LogP contribution in [0.4, 0.5) is 0 Å². The van der Waals surface area contributed by atoms with E-state index in [1.807, 2.05) is 0 Å². The third-order valence-electron chi connectivity index (χ3n) is 3.76. The van der Waals surface area contributed by atoms with Crippen LogP contribution in [-0.4, -0.2) is 36.8 Å². The second kappa shape index (κ2) is 5.72. The van der Waals surface area contributed by atoms with Gasteiger partial charge in [0, 0.05) is 19.7 Å². The molecule has 3 nitrogen and oxygen atoms in total. The van der Waals surface area contributed by atoms with Gasteiger partial charge in [-0.05, 0) is 49.4 Å². The molecular formula is C15H23NO2. The van der Waals surface area contributed by atoms with Crippen LogP contribution < -0.4 is 4.74 Å². The third-order valence-corrected chi connectivity index (χ3v) is 3.76. The molecule has 1 aromatic carbocycles. The number of aliphatic hydroxyl groups is 1. The van der Waals surface area contributed by atoms with Crippen LogP contribution >= 0.6 is 0 Å². The minimum atomic E-state index is 0.317. The van der Waals surface area contributed by atoms with Crippen LogP contribution in [-0.2, 0) is 6.54 Å². The number of nitrogens with zero attached hydrogens (tertiary/aromatic N) is 1. The van der Waals surface area contributed by atoms with E-state index in [9.17, 15) is 0 Å². The van der Waals surface area contributed by atoms with Gasteiger partial charge in [0.1, 0.15) is 5.75 Å². The van der Waals surface area contributed by atoms with Crippen molar-refractivity contribution in [3.05, 3.63) is 28.8 Å². The minimum Gasteiger partial charge on any atom is -0.496 e. The fourth-order valence-corrected chi connectivity index (χ4v) is 2.92. The van der Waals surface area contributed by atoms with E-state index < -0.39 is 0 Å². The minimum absolute atomic E-state index is 0.317. The number of aryl methyl sites for hydroxylation is 2. The lowest BCUT2D eigenvalue weighted by Crippen LogP contribution is -2.21. The number of methoxy groups -OCH3 is 1. The summed E-state index contributed by atoms with van der Waals surface area (Å²) in [6, 6.07) is 4.41.